The van der Waals surface area contributed by atoms with Gasteiger partial charge in [0, 0.05) is 12.3 Å². The second-order valence-electron chi connectivity index (χ2n) is 3.41. The van der Waals surface area contributed by atoms with E-state index in [1.165, 1.54) is 12.3 Å². The number of anilines is 3. The monoisotopic (exact) mass is 393 g/mol. The fourth-order valence-electron chi connectivity index (χ4n) is 1.27. The van der Waals surface area contributed by atoms with Crippen molar-refractivity contribution < 1.29 is 8.78 Å². The summed E-state index contributed by atoms with van der Waals surface area (Å²) < 4.78 is 27.4. The molecular weight excluding hydrogens is 388 g/mol. The van der Waals surface area contributed by atoms with Crippen molar-refractivity contribution in [3.8, 4) is 0 Å². The zero-order valence-corrected chi connectivity index (χ0v) is 12.4. The number of nitrogens with two attached hydrogens (primary N) is 1. The molecule has 2 aromatic rings. The molecule has 0 aliphatic carbocycles. The molecule has 0 spiro atoms. The van der Waals surface area contributed by atoms with Crippen LogP contribution in [-0.2, 0) is 0 Å². The number of hydrazine groups is 1. The molecule has 2 rings (SSSR count). The van der Waals surface area contributed by atoms with Gasteiger partial charge in [-0.2, -0.15) is 4.98 Å². The van der Waals surface area contributed by atoms with E-state index in [1.807, 2.05) is 0 Å². The van der Waals surface area contributed by atoms with E-state index >= 15 is 0 Å². The largest absolute Gasteiger partial charge is 0.337 e. The summed E-state index contributed by atoms with van der Waals surface area (Å²) in [5.41, 5.74) is 2.33. The Hall–Kier alpha value is -1.32. The highest BCUT2D eigenvalue weighted by Crippen LogP contribution is 2.29. The van der Waals surface area contributed by atoms with Crippen LogP contribution in [0.15, 0.2) is 27.3 Å². The first kappa shape index (κ1) is 14.1. The van der Waals surface area contributed by atoms with Gasteiger partial charge in [0.05, 0.1) is 14.6 Å². The van der Waals surface area contributed by atoms with Crippen molar-refractivity contribution in [2.45, 2.75) is 0 Å². The molecule has 19 heavy (non-hydrogen) atoms. The Kier molecular flexibility index (Phi) is 4.27. The fraction of sp³-hybridized carbons (Fsp3) is 0. The van der Waals surface area contributed by atoms with E-state index < -0.39 is 11.6 Å². The summed E-state index contributed by atoms with van der Waals surface area (Å²) in [6.07, 6.45) is 1.45. The lowest BCUT2D eigenvalue weighted by Crippen LogP contribution is -2.11. The van der Waals surface area contributed by atoms with Gasteiger partial charge in [-0.3, -0.25) is 5.43 Å². The van der Waals surface area contributed by atoms with E-state index in [9.17, 15) is 8.78 Å². The predicted octanol–water partition coefficient (Wildman–Crippen LogP) is 3.31. The third kappa shape index (κ3) is 3.17. The number of aromatic nitrogens is 2. The van der Waals surface area contributed by atoms with Crippen molar-refractivity contribution in [3.63, 3.8) is 0 Å². The lowest BCUT2D eigenvalue weighted by molar-refractivity contribution is 0.581. The number of nitrogens with zero attached hydrogens (tertiary/aromatic N) is 2. The maximum atomic E-state index is 13.6. The summed E-state index contributed by atoms with van der Waals surface area (Å²) in [4.78, 5) is 7.85. The van der Waals surface area contributed by atoms with Crippen LogP contribution < -0.4 is 16.6 Å². The minimum atomic E-state index is -0.742. The number of nitrogen functional groups attached to an aromatic ring is 1. The van der Waals surface area contributed by atoms with Gasteiger partial charge in [-0.1, -0.05) is 0 Å². The molecule has 100 valence electrons. The quantitative estimate of drug-likeness (QED) is 0.423. The molecule has 0 aliphatic rings. The Bertz CT molecular complexity index is 623. The highest BCUT2D eigenvalue weighted by Gasteiger charge is 2.11. The number of nitrogens with one attached hydrogen (secondary N) is 2. The Morgan fingerprint density at radius 2 is 1.84 bits per heavy atom. The summed E-state index contributed by atoms with van der Waals surface area (Å²) in [6, 6.07) is 2.04. The van der Waals surface area contributed by atoms with E-state index in [-0.39, 0.29) is 16.1 Å². The highest BCUT2D eigenvalue weighted by atomic mass is 79.9. The molecule has 9 heteroatoms. The van der Waals surface area contributed by atoms with Gasteiger partial charge in [-0.05, 0) is 37.9 Å². The Morgan fingerprint density at radius 3 is 2.53 bits per heavy atom. The van der Waals surface area contributed by atoms with Crippen LogP contribution in [0.4, 0.5) is 26.2 Å². The third-order valence-corrected chi connectivity index (χ3v) is 3.32. The van der Waals surface area contributed by atoms with Crippen LogP contribution in [0.3, 0.4) is 0 Å². The Balaban J connectivity index is 2.38. The van der Waals surface area contributed by atoms with Crippen molar-refractivity contribution in [3.05, 3.63) is 38.9 Å². The number of hydrogen-bond acceptors (Lipinski definition) is 5. The average Bonchev–Trinajstić information content (AvgIpc) is 2.38. The van der Waals surface area contributed by atoms with Crippen LogP contribution in [0.1, 0.15) is 0 Å². The van der Waals surface area contributed by atoms with Crippen LogP contribution in [-0.4, -0.2) is 9.97 Å². The van der Waals surface area contributed by atoms with Crippen molar-refractivity contribution in [2.75, 3.05) is 10.7 Å². The lowest BCUT2D eigenvalue weighted by atomic mass is 10.3. The maximum absolute atomic E-state index is 13.6. The maximum Gasteiger partial charge on any atom is 0.239 e. The molecule has 0 atom stereocenters. The van der Waals surface area contributed by atoms with Crippen LogP contribution in [0.5, 0.6) is 0 Å². The average molecular weight is 395 g/mol. The molecule has 0 fully saturated rings. The van der Waals surface area contributed by atoms with Gasteiger partial charge in [0.15, 0.2) is 5.82 Å². The second kappa shape index (κ2) is 5.76. The highest BCUT2D eigenvalue weighted by molar-refractivity contribution is 9.10. The van der Waals surface area contributed by atoms with Gasteiger partial charge < -0.3 is 5.32 Å². The molecule has 0 unspecified atom stereocenters. The molecule has 5 nitrogen and oxygen atoms in total. The normalized spacial score (nSPS) is 10.4. The van der Waals surface area contributed by atoms with Crippen molar-refractivity contribution in [1.29, 1.82) is 0 Å². The van der Waals surface area contributed by atoms with E-state index in [2.05, 4.69) is 52.6 Å². The smallest absolute Gasteiger partial charge is 0.239 e. The van der Waals surface area contributed by atoms with Crippen molar-refractivity contribution in [2.24, 2.45) is 5.84 Å². The standard InChI is InChI=1S/C10H7Br2F2N5/c11-4-1-8(7(14)2-6(4)13)17-9-5(12)3-16-10(18-9)19-15/h1-3H,15H2,(H2,16,17,18,19). The first-order valence-electron chi connectivity index (χ1n) is 4.92. The number of benzene rings is 1. The van der Waals surface area contributed by atoms with Crippen LogP contribution in [0, 0.1) is 11.6 Å². The van der Waals surface area contributed by atoms with Gasteiger partial charge >= 0.3 is 0 Å². The molecule has 1 aromatic carbocycles. The summed E-state index contributed by atoms with van der Waals surface area (Å²) in [5, 5.41) is 2.72. The minimum Gasteiger partial charge on any atom is -0.337 e. The summed E-state index contributed by atoms with van der Waals surface area (Å²) >= 11 is 6.19. The van der Waals surface area contributed by atoms with Crippen molar-refractivity contribution in [1.82, 2.24) is 9.97 Å². The van der Waals surface area contributed by atoms with E-state index in [4.69, 9.17) is 5.84 Å². The Labute approximate surface area is 123 Å². The summed E-state index contributed by atoms with van der Waals surface area (Å²) in [6.45, 7) is 0. The van der Waals surface area contributed by atoms with Gasteiger partial charge in [-0.15, -0.1) is 0 Å². The van der Waals surface area contributed by atoms with E-state index in [0.717, 1.165) is 6.07 Å². The zero-order valence-electron chi connectivity index (χ0n) is 9.22. The van der Waals surface area contributed by atoms with Crippen LogP contribution in [0.2, 0.25) is 0 Å². The molecule has 0 saturated heterocycles. The number of halogens is 4. The second-order valence-corrected chi connectivity index (χ2v) is 5.11. The molecule has 0 radical (unpaired) electrons. The van der Waals surface area contributed by atoms with Crippen LogP contribution in [0.25, 0.3) is 0 Å². The first-order valence-corrected chi connectivity index (χ1v) is 6.50. The Morgan fingerprint density at radius 1 is 1.11 bits per heavy atom. The lowest BCUT2D eigenvalue weighted by Gasteiger charge is -2.10. The van der Waals surface area contributed by atoms with Gasteiger partial charge in [0.25, 0.3) is 0 Å². The molecule has 0 aliphatic heterocycles. The molecule has 0 saturated carbocycles. The zero-order chi connectivity index (χ0) is 14.0. The predicted molar refractivity (Wildman–Crippen MR) is 74.9 cm³/mol. The van der Waals surface area contributed by atoms with Gasteiger partial charge in [0.1, 0.15) is 11.6 Å². The van der Waals surface area contributed by atoms with Gasteiger partial charge in [-0.25, -0.2) is 19.6 Å². The molecule has 1 aromatic heterocycles. The number of rotatable bonds is 3. The van der Waals surface area contributed by atoms with E-state index in [0.29, 0.717) is 10.3 Å². The summed E-state index contributed by atoms with van der Waals surface area (Å²) in [5.74, 6) is 4.21. The molecule has 4 N–H and O–H groups in total. The van der Waals surface area contributed by atoms with Crippen LogP contribution >= 0.6 is 31.9 Å². The number of hydrogen-bond donors (Lipinski definition) is 3. The molecule has 0 amide bonds. The fourth-order valence-corrected chi connectivity index (χ4v) is 1.90. The SMILES string of the molecule is NNc1ncc(Br)c(Nc2cc(Br)c(F)cc2F)n1. The van der Waals surface area contributed by atoms with E-state index in [1.54, 1.807) is 0 Å². The molecular formula is C10H7Br2F2N5. The molecule has 1 heterocycles. The first-order chi connectivity index (χ1) is 9.01. The van der Waals surface area contributed by atoms with Gasteiger partial charge in [0.2, 0.25) is 5.95 Å². The third-order valence-electron chi connectivity index (χ3n) is 2.14. The molecule has 0 bridgehead atoms. The van der Waals surface area contributed by atoms with Crippen molar-refractivity contribution >= 4 is 49.3 Å². The summed E-state index contributed by atoms with van der Waals surface area (Å²) in [7, 11) is 0. The minimum absolute atomic E-state index is 0.0654. The topological polar surface area (TPSA) is 75.9 Å².